The Hall–Kier alpha value is -0.160. The second-order valence-corrected chi connectivity index (χ2v) is 4.06. The van der Waals surface area contributed by atoms with Crippen molar-refractivity contribution in [3.05, 3.63) is 0 Å². The molecule has 3 N–H and O–H groups in total. The van der Waals surface area contributed by atoms with Gasteiger partial charge in [-0.05, 0) is 19.4 Å². The van der Waals surface area contributed by atoms with Crippen LogP contribution >= 0.6 is 0 Å². The first-order valence-electron chi connectivity index (χ1n) is 5.40. The molecule has 3 unspecified atom stereocenters. The lowest BCUT2D eigenvalue weighted by atomic mass is 9.97. The summed E-state index contributed by atoms with van der Waals surface area (Å²) in [4.78, 5) is 2.07. The van der Waals surface area contributed by atoms with Gasteiger partial charge < -0.3 is 15.3 Å². The van der Waals surface area contributed by atoms with Crippen LogP contribution < -0.4 is 0 Å². The van der Waals surface area contributed by atoms with Gasteiger partial charge in [0.05, 0.1) is 18.8 Å². The van der Waals surface area contributed by atoms with Gasteiger partial charge in [0.15, 0.2) is 0 Å². The van der Waals surface area contributed by atoms with E-state index in [1.54, 1.807) is 0 Å². The number of unbranched alkanes of at least 4 members (excludes halogenated alkanes) is 1. The summed E-state index contributed by atoms with van der Waals surface area (Å²) in [5, 5.41) is 28.1. The summed E-state index contributed by atoms with van der Waals surface area (Å²) in [6.45, 7) is 3.55. The van der Waals surface area contributed by atoms with E-state index in [9.17, 15) is 10.2 Å². The Morgan fingerprint density at radius 1 is 1.29 bits per heavy atom. The maximum absolute atomic E-state index is 9.49. The van der Waals surface area contributed by atoms with Crippen LogP contribution in [0.2, 0.25) is 0 Å². The van der Waals surface area contributed by atoms with Crippen LogP contribution in [0.1, 0.15) is 26.2 Å². The average molecular weight is 203 g/mol. The first kappa shape index (κ1) is 11.9. The summed E-state index contributed by atoms with van der Waals surface area (Å²) < 4.78 is 0. The highest BCUT2D eigenvalue weighted by molar-refractivity contribution is 4.86. The molecule has 0 aromatic rings. The van der Waals surface area contributed by atoms with Crippen molar-refractivity contribution in [2.75, 3.05) is 19.7 Å². The number of β-amino-alcohol motifs (C(OH)–C–C–N with tert-alkyl or cyclic N) is 1. The average Bonchev–Trinajstić information content (AvgIpc) is 2.19. The molecule has 0 aliphatic carbocycles. The molecule has 1 fully saturated rings. The molecular weight excluding hydrogens is 182 g/mol. The van der Waals surface area contributed by atoms with Crippen LogP contribution in [0.3, 0.4) is 0 Å². The molecule has 0 bridgehead atoms. The third-order valence-corrected chi connectivity index (χ3v) is 2.91. The van der Waals surface area contributed by atoms with Crippen LogP contribution in [0.15, 0.2) is 0 Å². The van der Waals surface area contributed by atoms with Crippen LogP contribution in [0.4, 0.5) is 0 Å². The van der Waals surface area contributed by atoms with Gasteiger partial charge in [-0.2, -0.15) is 0 Å². The molecule has 0 saturated carbocycles. The minimum Gasteiger partial charge on any atom is -0.395 e. The Bertz CT molecular complexity index is 165. The molecular formula is C10H21NO3. The molecule has 0 amide bonds. The summed E-state index contributed by atoms with van der Waals surface area (Å²) in [5.41, 5.74) is 0. The summed E-state index contributed by atoms with van der Waals surface area (Å²) in [5.74, 6) is 0. The maximum Gasteiger partial charge on any atom is 0.0926 e. The van der Waals surface area contributed by atoms with E-state index >= 15 is 0 Å². The van der Waals surface area contributed by atoms with Gasteiger partial charge in [0.2, 0.25) is 0 Å². The zero-order valence-electron chi connectivity index (χ0n) is 8.76. The standard InChI is InChI=1S/C10H21NO3/c1-2-3-4-11-6-10(14)9(13)5-8(11)7-12/h8-10,12-14H,2-7H2,1H3. The number of rotatable bonds is 4. The lowest BCUT2D eigenvalue weighted by molar-refractivity contribution is -0.0709. The molecule has 14 heavy (non-hydrogen) atoms. The van der Waals surface area contributed by atoms with E-state index in [4.69, 9.17) is 5.11 Å². The van der Waals surface area contributed by atoms with Crippen molar-refractivity contribution in [3.8, 4) is 0 Å². The molecule has 1 rings (SSSR count). The summed E-state index contributed by atoms with van der Waals surface area (Å²) >= 11 is 0. The van der Waals surface area contributed by atoms with E-state index in [0.29, 0.717) is 13.0 Å². The van der Waals surface area contributed by atoms with Gasteiger partial charge in [-0.25, -0.2) is 0 Å². The minimum absolute atomic E-state index is 0.0138. The number of hydrogen-bond acceptors (Lipinski definition) is 4. The second-order valence-electron chi connectivity index (χ2n) is 4.06. The molecule has 0 aromatic carbocycles. The molecule has 1 aliphatic heterocycles. The summed E-state index contributed by atoms with van der Waals surface area (Å²) in [6, 6.07) is 0.0138. The molecule has 4 heteroatoms. The molecule has 1 saturated heterocycles. The van der Waals surface area contributed by atoms with Crippen LogP contribution in [0.25, 0.3) is 0 Å². The fourth-order valence-electron chi connectivity index (χ4n) is 1.92. The van der Waals surface area contributed by atoms with E-state index in [1.165, 1.54) is 0 Å². The Balaban J connectivity index is 2.45. The fourth-order valence-corrected chi connectivity index (χ4v) is 1.92. The predicted molar refractivity (Wildman–Crippen MR) is 54.0 cm³/mol. The summed E-state index contributed by atoms with van der Waals surface area (Å²) in [7, 11) is 0. The maximum atomic E-state index is 9.49. The zero-order valence-corrected chi connectivity index (χ0v) is 8.76. The fraction of sp³-hybridized carbons (Fsp3) is 1.00. The van der Waals surface area contributed by atoms with Crippen molar-refractivity contribution in [3.63, 3.8) is 0 Å². The predicted octanol–water partition coefficient (Wildman–Crippen LogP) is -0.425. The van der Waals surface area contributed by atoms with Crippen molar-refractivity contribution >= 4 is 0 Å². The van der Waals surface area contributed by atoms with E-state index in [1.807, 2.05) is 0 Å². The molecule has 0 aromatic heterocycles. The van der Waals surface area contributed by atoms with Gasteiger partial charge in [-0.1, -0.05) is 13.3 Å². The molecule has 0 radical (unpaired) electrons. The first-order chi connectivity index (χ1) is 6.69. The van der Waals surface area contributed by atoms with Gasteiger partial charge >= 0.3 is 0 Å². The second kappa shape index (κ2) is 5.66. The number of nitrogens with zero attached hydrogens (tertiary/aromatic N) is 1. The lowest BCUT2D eigenvalue weighted by Crippen LogP contribution is -2.53. The smallest absolute Gasteiger partial charge is 0.0926 e. The van der Waals surface area contributed by atoms with Gasteiger partial charge in [0, 0.05) is 12.6 Å². The molecule has 1 heterocycles. The third-order valence-electron chi connectivity index (χ3n) is 2.91. The molecule has 0 spiro atoms. The minimum atomic E-state index is -0.676. The number of piperidine rings is 1. The Morgan fingerprint density at radius 3 is 2.57 bits per heavy atom. The van der Waals surface area contributed by atoms with Crippen LogP contribution in [-0.4, -0.2) is 58.2 Å². The monoisotopic (exact) mass is 203 g/mol. The van der Waals surface area contributed by atoms with Crippen molar-refractivity contribution in [1.82, 2.24) is 4.90 Å². The highest BCUT2D eigenvalue weighted by atomic mass is 16.3. The van der Waals surface area contributed by atoms with E-state index in [-0.39, 0.29) is 12.6 Å². The number of likely N-dealkylation sites (tertiary alicyclic amines) is 1. The number of aliphatic hydroxyl groups is 3. The molecule has 3 atom stereocenters. The van der Waals surface area contributed by atoms with Crippen LogP contribution in [0, 0.1) is 0 Å². The Morgan fingerprint density at radius 2 is 2.00 bits per heavy atom. The van der Waals surface area contributed by atoms with Crippen molar-refractivity contribution in [2.45, 2.75) is 44.4 Å². The van der Waals surface area contributed by atoms with Gasteiger partial charge in [-0.3, -0.25) is 4.90 Å². The molecule has 1 aliphatic rings. The highest BCUT2D eigenvalue weighted by Gasteiger charge is 2.32. The SMILES string of the molecule is CCCCN1CC(O)C(O)CC1CO. The van der Waals surface area contributed by atoms with Crippen molar-refractivity contribution in [2.24, 2.45) is 0 Å². The Labute approximate surface area is 85.2 Å². The van der Waals surface area contributed by atoms with Crippen molar-refractivity contribution < 1.29 is 15.3 Å². The lowest BCUT2D eigenvalue weighted by Gasteiger charge is -2.39. The quantitative estimate of drug-likeness (QED) is 0.580. The van der Waals surface area contributed by atoms with E-state index in [0.717, 1.165) is 19.4 Å². The van der Waals surface area contributed by atoms with Crippen LogP contribution in [-0.2, 0) is 0 Å². The molecule has 84 valence electrons. The summed E-state index contributed by atoms with van der Waals surface area (Å²) in [6.07, 6.45) is 1.31. The molecule has 4 nitrogen and oxygen atoms in total. The zero-order chi connectivity index (χ0) is 10.6. The first-order valence-corrected chi connectivity index (χ1v) is 5.40. The van der Waals surface area contributed by atoms with Crippen LogP contribution in [0.5, 0.6) is 0 Å². The van der Waals surface area contributed by atoms with E-state index < -0.39 is 12.2 Å². The number of aliphatic hydroxyl groups excluding tert-OH is 3. The van der Waals surface area contributed by atoms with Gasteiger partial charge in [-0.15, -0.1) is 0 Å². The van der Waals surface area contributed by atoms with Gasteiger partial charge in [0.1, 0.15) is 0 Å². The largest absolute Gasteiger partial charge is 0.395 e. The van der Waals surface area contributed by atoms with Crippen molar-refractivity contribution in [1.29, 1.82) is 0 Å². The normalized spacial score (nSPS) is 34.7. The Kier molecular flexibility index (Phi) is 4.81. The van der Waals surface area contributed by atoms with E-state index in [2.05, 4.69) is 11.8 Å². The highest BCUT2D eigenvalue weighted by Crippen LogP contribution is 2.18. The third kappa shape index (κ3) is 2.92. The number of hydrogen-bond donors (Lipinski definition) is 3. The van der Waals surface area contributed by atoms with Gasteiger partial charge in [0.25, 0.3) is 0 Å². The topological polar surface area (TPSA) is 63.9 Å².